The second-order valence-corrected chi connectivity index (χ2v) is 6.83. The van der Waals surface area contributed by atoms with Crippen LogP contribution in [0.15, 0.2) is 24.3 Å². The maximum Gasteiger partial charge on any atom is 0.222 e. The van der Waals surface area contributed by atoms with E-state index in [1.807, 2.05) is 4.90 Å². The Hall–Kier alpha value is -2.35. The quantitative estimate of drug-likeness (QED) is 0.814. The van der Waals surface area contributed by atoms with E-state index in [1.165, 1.54) is 16.9 Å². The Bertz CT molecular complexity index is 732. The molecule has 2 N–H and O–H groups in total. The zero-order chi connectivity index (χ0) is 18.5. The molecular weight excluding hydrogens is 335 g/mol. The molecule has 0 radical (unpaired) electrons. The highest BCUT2D eigenvalue weighted by molar-refractivity contribution is 5.76. The van der Waals surface area contributed by atoms with Crippen LogP contribution in [0.3, 0.4) is 0 Å². The maximum atomic E-state index is 13.0. The van der Waals surface area contributed by atoms with Crippen molar-refractivity contribution in [3.05, 3.63) is 30.1 Å². The lowest BCUT2D eigenvalue weighted by Crippen LogP contribution is -2.32. The first-order valence-electron chi connectivity index (χ1n) is 9.14. The van der Waals surface area contributed by atoms with Gasteiger partial charge in [-0.15, -0.1) is 10.2 Å². The predicted octanol–water partition coefficient (Wildman–Crippen LogP) is 1.85. The molecule has 1 aliphatic rings. The molecule has 1 aromatic heterocycles. The van der Waals surface area contributed by atoms with Crippen molar-refractivity contribution in [1.29, 1.82) is 0 Å². The smallest absolute Gasteiger partial charge is 0.222 e. The summed E-state index contributed by atoms with van der Waals surface area (Å²) in [6.07, 6.45) is 3.25. The Morgan fingerprint density at radius 1 is 1.31 bits per heavy atom. The van der Waals surface area contributed by atoms with Gasteiger partial charge >= 0.3 is 0 Å². The second kappa shape index (κ2) is 8.35. The molecule has 1 fully saturated rings. The molecule has 0 saturated carbocycles. The molecule has 0 bridgehead atoms. The fraction of sp³-hybridized carbons (Fsp3) is 0.556. The van der Waals surface area contributed by atoms with Gasteiger partial charge in [0.25, 0.3) is 0 Å². The SMILES string of the molecule is CCCC1CN(C(=O)CCCn2nnc(-c3ccc(F)cc3)n2)CC1N. The molecule has 7 nitrogen and oxygen atoms in total. The molecule has 1 aromatic carbocycles. The fourth-order valence-corrected chi connectivity index (χ4v) is 3.36. The number of benzene rings is 1. The molecule has 2 unspecified atom stereocenters. The number of hydrogen-bond donors (Lipinski definition) is 1. The summed E-state index contributed by atoms with van der Waals surface area (Å²) in [5, 5.41) is 12.3. The predicted molar refractivity (Wildman–Crippen MR) is 95.4 cm³/mol. The number of carbonyl (C=O) groups excluding carboxylic acids is 1. The van der Waals surface area contributed by atoms with Gasteiger partial charge < -0.3 is 10.6 Å². The first-order valence-corrected chi connectivity index (χ1v) is 9.14. The Morgan fingerprint density at radius 3 is 2.81 bits per heavy atom. The van der Waals surface area contributed by atoms with E-state index in [1.54, 1.807) is 12.1 Å². The Labute approximate surface area is 152 Å². The van der Waals surface area contributed by atoms with Crippen molar-refractivity contribution in [2.75, 3.05) is 13.1 Å². The largest absolute Gasteiger partial charge is 0.341 e. The van der Waals surface area contributed by atoms with Crippen LogP contribution in [0.4, 0.5) is 4.39 Å². The van der Waals surface area contributed by atoms with E-state index in [0.717, 1.165) is 19.4 Å². The van der Waals surface area contributed by atoms with E-state index in [0.29, 0.717) is 43.2 Å². The molecule has 3 rings (SSSR count). The van der Waals surface area contributed by atoms with Crippen LogP contribution in [0.25, 0.3) is 11.4 Å². The molecule has 1 aliphatic heterocycles. The monoisotopic (exact) mass is 360 g/mol. The van der Waals surface area contributed by atoms with Crippen LogP contribution in [-0.2, 0) is 11.3 Å². The summed E-state index contributed by atoms with van der Waals surface area (Å²) < 4.78 is 13.0. The van der Waals surface area contributed by atoms with Gasteiger partial charge in [-0.25, -0.2) is 4.39 Å². The number of rotatable bonds is 7. The van der Waals surface area contributed by atoms with E-state index < -0.39 is 0 Å². The van der Waals surface area contributed by atoms with Gasteiger partial charge in [0, 0.05) is 31.1 Å². The van der Waals surface area contributed by atoms with Crippen molar-refractivity contribution in [3.8, 4) is 11.4 Å². The molecule has 1 amide bonds. The number of nitrogens with two attached hydrogens (primary N) is 1. The Balaban J connectivity index is 1.46. The number of aromatic nitrogens is 4. The van der Waals surface area contributed by atoms with Crippen LogP contribution in [-0.4, -0.2) is 50.1 Å². The number of carbonyl (C=O) groups is 1. The summed E-state index contributed by atoms with van der Waals surface area (Å²) in [5.74, 6) is 0.698. The van der Waals surface area contributed by atoms with Crippen LogP contribution >= 0.6 is 0 Å². The standard InChI is InChI=1S/C18H25FN6O/c1-2-4-14-11-24(12-16(14)20)17(26)5-3-10-25-22-18(21-23-25)13-6-8-15(19)9-7-13/h6-9,14,16H,2-5,10-12,20H2,1H3. The van der Waals surface area contributed by atoms with Gasteiger partial charge in [0.05, 0.1) is 6.54 Å². The highest BCUT2D eigenvalue weighted by Crippen LogP contribution is 2.21. The third kappa shape index (κ3) is 4.43. The van der Waals surface area contributed by atoms with Crippen molar-refractivity contribution >= 4 is 5.91 Å². The van der Waals surface area contributed by atoms with E-state index in [-0.39, 0.29) is 17.8 Å². The number of amides is 1. The third-order valence-corrected chi connectivity index (χ3v) is 4.81. The summed E-state index contributed by atoms with van der Waals surface area (Å²) in [5.41, 5.74) is 6.84. The van der Waals surface area contributed by atoms with Gasteiger partial charge in [0.15, 0.2) is 0 Å². The molecule has 2 aromatic rings. The Morgan fingerprint density at radius 2 is 2.08 bits per heavy atom. The number of aryl methyl sites for hydroxylation is 1. The van der Waals surface area contributed by atoms with E-state index in [9.17, 15) is 9.18 Å². The number of halogens is 1. The van der Waals surface area contributed by atoms with Crippen molar-refractivity contribution in [1.82, 2.24) is 25.1 Å². The summed E-state index contributed by atoms with van der Waals surface area (Å²) >= 11 is 0. The zero-order valence-electron chi connectivity index (χ0n) is 15.0. The lowest BCUT2D eigenvalue weighted by Gasteiger charge is -2.16. The number of hydrogen-bond acceptors (Lipinski definition) is 5. The molecule has 140 valence electrons. The summed E-state index contributed by atoms with van der Waals surface area (Å²) in [6, 6.07) is 6.05. The highest BCUT2D eigenvalue weighted by atomic mass is 19.1. The summed E-state index contributed by atoms with van der Waals surface area (Å²) in [6.45, 7) is 4.07. The molecule has 0 aliphatic carbocycles. The number of tetrazole rings is 1. The minimum atomic E-state index is -0.303. The van der Waals surface area contributed by atoms with Gasteiger partial charge in [0.2, 0.25) is 11.7 Å². The lowest BCUT2D eigenvalue weighted by atomic mass is 9.99. The number of likely N-dealkylation sites (tertiary alicyclic amines) is 1. The third-order valence-electron chi connectivity index (χ3n) is 4.81. The van der Waals surface area contributed by atoms with Crippen molar-refractivity contribution in [2.24, 2.45) is 11.7 Å². The van der Waals surface area contributed by atoms with Gasteiger partial charge in [-0.3, -0.25) is 4.79 Å². The minimum absolute atomic E-state index is 0.0918. The van der Waals surface area contributed by atoms with E-state index >= 15 is 0 Å². The fourth-order valence-electron chi connectivity index (χ4n) is 3.36. The highest BCUT2D eigenvalue weighted by Gasteiger charge is 2.31. The minimum Gasteiger partial charge on any atom is -0.341 e. The van der Waals surface area contributed by atoms with Crippen LogP contribution < -0.4 is 5.73 Å². The first-order chi connectivity index (χ1) is 12.6. The summed E-state index contributed by atoms with van der Waals surface area (Å²) in [7, 11) is 0. The average molecular weight is 360 g/mol. The zero-order valence-corrected chi connectivity index (χ0v) is 15.0. The normalized spacial score (nSPS) is 19.9. The molecule has 2 atom stereocenters. The van der Waals surface area contributed by atoms with Crippen molar-refractivity contribution < 1.29 is 9.18 Å². The van der Waals surface area contributed by atoms with Crippen molar-refractivity contribution in [3.63, 3.8) is 0 Å². The van der Waals surface area contributed by atoms with Crippen LogP contribution in [0.1, 0.15) is 32.6 Å². The van der Waals surface area contributed by atoms with Gasteiger partial charge in [0.1, 0.15) is 5.82 Å². The van der Waals surface area contributed by atoms with Crippen LogP contribution in [0.2, 0.25) is 0 Å². The molecule has 0 spiro atoms. The summed E-state index contributed by atoms with van der Waals surface area (Å²) in [4.78, 5) is 15.7. The molecule has 2 heterocycles. The molecule has 8 heteroatoms. The molecule has 26 heavy (non-hydrogen) atoms. The van der Waals surface area contributed by atoms with E-state index in [4.69, 9.17) is 5.73 Å². The average Bonchev–Trinajstić information content (AvgIpc) is 3.23. The van der Waals surface area contributed by atoms with Crippen molar-refractivity contribution in [2.45, 2.75) is 45.2 Å². The second-order valence-electron chi connectivity index (χ2n) is 6.83. The van der Waals surface area contributed by atoms with Crippen LogP contribution in [0, 0.1) is 11.7 Å². The first kappa shape index (κ1) is 18.4. The lowest BCUT2D eigenvalue weighted by molar-refractivity contribution is -0.130. The molecule has 1 saturated heterocycles. The van der Waals surface area contributed by atoms with Gasteiger partial charge in [-0.2, -0.15) is 4.80 Å². The van der Waals surface area contributed by atoms with E-state index in [2.05, 4.69) is 22.3 Å². The number of nitrogens with zero attached hydrogens (tertiary/aromatic N) is 5. The van der Waals surface area contributed by atoms with Gasteiger partial charge in [-0.05, 0) is 48.2 Å². The Kier molecular flexibility index (Phi) is 5.92. The van der Waals surface area contributed by atoms with Crippen LogP contribution in [0.5, 0.6) is 0 Å². The molecular formula is C18H25FN6O. The maximum absolute atomic E-state index is 13.0. The topological polar surface area (TPSA) is 89.9 Å². The van der Waals surface area contributed by atoms with Gasteiger partial charge in [-0.1, -0.05) is 13.3 Å².